The van der Waals surface area contributed by atoms with Crippen LogP contribution in [0.25, 0.3) is 42.4 Å². The molecule has 2 heterocycles. The number of aldehydes is 1. The summed E-state index contributed by atoms with van der Waals surface area (Å²) in [7, 11) is 0. The van der Waals surface area contributed by atoms with Crippen molar-refractivity contribution < 1.29 is 20.1 Å². The van der Waals surface area contributed by atoms with Crippen LogP contribution in [-0.2, 0) is 13.2 Å². The molecular formula is C39H30Br2O4S2. The normalized spacial score (nSPS) is 11.8. The summed E-state index contributed by atoms with van der Waals surface area (Å²) in [6.07, 6.45) is 0.209. The first-order chi connectivity index (χ1) is 22.8. The molecule has 236 valence electrons. The van der Waals surface area contributed by atoms with Crippen LogP contribution >= 0.6 is 54.5 Å². The van der Waals surface area contributed by atoms with Crippen LogP contribution in [0, 0.1) is 6.92 Å². The second-order valence-corrected chi connectivity index (χ2v) is 15.0. The van der Waals surface area contributed by atoms with E-state index < -0.39 is 6.10 Å². The molecular weight excluding hydrogens is 756 g/mol. The van der Waals surface area contributed by atoms with Crippen molar-refractivity contribution in [1.82, 2.24) is 0 Å². The summed E-state index contributed by atoms with van der Waals surface area (Å²) in [5.74, 6) is 0. The monoisotopic (exact) mass is 784 g/mol. The number of halogens is 2. The van der Waals surface area contributed by atoms with E-state index in [0.717, 1.165) is 89.7 Å². The van der Waals surface area contributed by atoms with E-state index in [4.69, 9.17) is 0 Å². The molecule has 0 bridgehead atoms. The number of hydrogen-bond donors (Lipinski definition) is 3. The first-order valence-electron chi connectivity index (χ1n) is 14.8. The van der Waals surface area contributed by atoms with Crippen molar-refractivity contribution in [3.8, 4) is 22.3 Å². The Labute approximate surface area is 297 Å². The van der Waals surface area contributed by atoms with Crippen molar-refractivity contribution in [3.63, 3.8) is 0 Å². The average Bonchev–Trinajstić information content (AvgIpc) is 3.67. The largest absolute Gasteiger partial charge is 0.392 e. The average molecular weight is 787 g/mol. The lowest BCUT2D eigenvalue weighted by Crippen LogP contribution is -2.01. The second kappa shape index (κ2) is 14.7. The Balaban J connectivity index is 0.000000172. The van der Waals surface area contributed by atoms with Crippen LogP contribution < -0.4 is 0 Å². The number of aryl methyl sites for hydroxylation is 1. The van der Waals surface area contributed by atoms with Crippen molar-refractivity contribution >= 4 is 81.0 Å². The number of hydrogen-bond acceptors (Lipinski definition) is 6. The van der Waals surface area contributed by atoms with Gasteiger partial charge >= 0.3 is 0 Å². The van der Waals surface area contributed by atoms with Gasteiger partial charge in [-0.15, -0.1) is 22.7 Å². The summed E-state index contributed by atoms with van der Waals surface area (Å²) in [5, 5.41) is 32.1. The van der Waals surface area contributed by atoms with Gasteiger partial charge in [-0.2, -0.15) is 0 Å². The van der Waals surface area contributed by atoms with E-state index in [-0.39, 0.29) is 13.2 Å². The highest BCUT2D eigenvalue weighted by Gasteiger charge is 2.23. The minimum Gasteiger partial charge on any atom is -0.392 e. The highest BCUT2D eigenvalue weighted by molar-refractivity contribution is 9.10. The maximum absolute atomic E-state index is 11.3. The van der Waals surface area contributed by atoms with E-state index >= 15 is 0 Å². The van der Waals surface area contributed by atoms with E-state index in [0.29, 0.717) is 0 Å². The molecule has 7 rings (SSSR count). The van der Waals surface area contributed by atoms with Gasteiger partial charge in [0.1, 0.15) is 6.10 Å². The summed E-state index contributed by atoms with van der Waals surface area (Å²) < 4.78 is 4.13. The summed E-state index contributed by atoms with van der Waals surface area (Å²) in [5.41, 5.74) is 7.86. The van der Waals surface area contributed by atoms with Crippen LogP contribution in [0.5, 0.6) is 0 Å². The lowest BCUT2D eigenvalue weighted by Gasteiger charge is -2.15. The minimum absolute atomic E-state index is 0.0110. The molecule has 0 radical (unpaired) electrons. The predicted molar refractivity (Wildman–Crippen MR) is 202 cm³/mol. The highest BCUT2D eigenvalue weighted by atomic mass is 79.9. The van der Waals surface area contributed by atoms with Crippen molar-refractivity contribution in [2.24, 2.45) is 0 Å². The fraction of sp³-hybridized carbons (Fsp3) is 0.103. The van der Waals surface area contributed by atoms with E-state index in [1.54, 1.807) is 11.3 Å². The molecule has 0 amide bonds. The molecule has 0 spiro atoms. The predicted octanol–water partition coefficient (Wildman–Crippen LogP) is 10.8. The van der Waals surface area contributed by atoms with Crippen LogP contribution in [0.4, 0.5) is 0 Å². The number of thiophene rings is 2. The molecule has 1 unspecified atom stereocenters. The molecule has 7 aromatic rings. The lowest BCUT2D eigenvalue weighted by molar-refractivity contribution is 0.112. The molecule has 1 atom stereocenters. The Morgan fingerprint density at radius 3 is 1.72 bits per heavy atom. The molecule has 0 fully saturated rings. The van der Waals surface area contributed by atoms with Gasteiger partial charge in [-0.05, 0) is 76.7 Å². The van der Waals surface area contributed by atoms with Gasteiger partial charge in [0, 0.05) is 45.1 Å². The van der Waals surface area contributed by atoms with Gasteiger partial charge < -0.3 is 15.3 Å². The van der Waals surface area contributed by atoms with Gasteiger partial charge in [0.25, 0.3) is 0 Å². The van der Waals surface area contributed by atoms with Crippen LogP contribution in [0.2, 0.25) is 0 Å². The molecule has 0 aliphatic rings. The Morgan fingerprint density at radius 2 is 1.19 bits per heavy atom. The summed E-state index contributed by atoms with van der Waals surface area (Å²) in [6, 6.07) is 35.9. The molecule has 0 aliphatic heterocycles. The standard InChI is InChI=1S/C23H19BrO2S.C16H11BrO2S/c1-14-4-2-3-5-18(14)22(26)23-21(16-7-9-17(24)10-8-16)19-11-6-15(13-25)12-20(19)27-23;17-12-4-2-11(3-5-12)16-13-6-1-10(8-18)7-14(13)20-15(16)9-19/h2-12,22,25-26H,13H2,1H3;1-7,9,18H,8H2. The molecule has 0 saturated carbocycles. The smallest absolute Gasteiger partial charge is 0.160 e. The van der Waals surface area contributed by atoms with E-state index in [2.05, 4.69) is 44.0 Å². The number of aliphatic hydroxyl groups is 3. The van der Waals surface area contributed by atoms with Crippen LogP contribution in [0.3, 0.4) is 0 Å². The van der Waals surface area contributed by atoms with Gasteiger partial charge in [-0.3, -0.25) is 4.79 Å². The maximum Gasteiger partial charge on any atom is 0.160 e. The third kappa shape index (κ3) is 7.05. The zero-order valence-electron chi connectivity index (χ0n) is 25.3. The van der Waals surface area contributed by atoms with Gasteiger partial charge in [-0.25, -0.2) is 0 Å². The number of benzene rings is 5. The first kappa shape index (κ1) is 33.4. The van der Waals surface area contributed by atoms with Crippen LogP contribution in [0.1, 0.15) is 42.9 Å². The zero-order chi connectivity index (χ0) is 33.1. The van der Waals surface area contributed by atoms with Crippen molar-refractivity contribution in [3.05, 3.63) is 150 Å². The Morgan fingerprint density at radius 1 is 0.681 bits per heavy atom. The SMILES string of the molecule is Cc1ccccc1C(O)c1sc2cc(CO)ccc2c1-c1ccc(Br)cc1.O=Cc1sc2cc(CO)ccc2c1-c1ccc(Br)cc1. The molecule has 8 heteroatoms. The fourth-order valence-electron chi connectivity index (χ4n) is 5.66. The summed E-state index contributed by atoms with van der Waals surface area (Å²) in [4.78, 5) is 13.0. The third-order valence-corrected chi connectivity index (χ3v) is 11.4. The van der Waals surface area contributed by atoms with Crippen LogP contribution in [0.15, 0.2) is 118 Å². The molecule has 0 saturated heterocycles. The highest BCUT2D eigenvalue weighted by Crippen LogP contribution is 2.45. The van der Waals surface area contributed by atoms with E-state index in [9.17, 15) is 20.1 Å². The second-order valence-electron chi connectivity index (χ2n) is 11.1. The van der Waals surface area contributed by atoms with Crippen LogP contribution in [-0.4, -0.2) is 21.6 Å². The van der Waals surface area contributed by atoms with Gasteiger partial charge in [0.05, 0.1) is 18.1 Å². The summed E-state index contributed by atoms with van der Waals surface area (Å²) in [6.45, 7) is 2.05. The quantitative estimate of drug-likeness (QED) is 0.141. The minimum atomic E-state index is -0.695. The van der Waals surface area contributed by atoms with E-state index in [1.807, 2.05) is 104 Å². The first-order valence-corrected chi connectivity index (χ1v) is 18.1. The Kier molecular flexibility index (Phi) is 10.5. The van der Waals surface area contributed by atoms with Gasteiger partial charge in [-0.1, -0.05) is 105 Å². The molecule has 47 heavy (non-hydrogen) atoms. The zero-order valence-corrected chi connectivity index (χ0v) is 30.1. The molecule has 3 N–H and O–H groups in total. The number of fused-ring (bicyclic) bond motifs is 2. The number of aliphatic hydroxyl groups excluding tert-OH is 3. The number of carbonyl (C=O) groups is 1. The van der Waals surface area contributed by atoms with Crippen molar-refractivity contribution in [2.45, 2.75) is 26.2 Å². The fourth-order valence-corrected chi connectivity index (χ4v) is 8.59. The van der Waals surface area contributed by atoms with Gasteiger partial charge in [0.2, 0.25) is 0 Å². The molecule has 2 aromatic heterocycles. The Hall–Kier alpha value is -3.47. The Bertz CT molecular complexity index is 2180. The number of carbonyl (C=O) groups excluding carboxylic acids is 1. The van der Waals surface area contributed by atoms with Crippen molar-refractivity contribution in [1.29, 1.82) is 0 Å². The maximum atomic E-state index is 11.3. The molecule has 4 nitrogen and oxygen atoms in total. The molecule has 0 aliphatic carbocycles. The third-order valence-electron chi connectivity index (χ3n) is 8.03. The topological polar surface area (TPSA) is 77.8 Å². The lowest BCUT2D eigenvalue weighted by atomic mass is 9.95. The summed E-state index contributed by atoms with van der Waals surface area (Å²) >= 11 is 9.97. The van der Waals surface area contributed by atoms with E-state index in [1.165, 1.54) is 11.3 Å². The molecule has 5 aromatic carbocycles. The van der Waals surface area contributed by atoms with Crippen molar-refractivity contribution in [2.75, 3.05) is 0 Å². The number of rotatable bonds is 7. The van der Waals surface area contributed by atoms with Gasteiger partial charge in [0.15, 0.2) is 6.29 Å².